The van der Waals surface area contributed by atoms with Crippen molar-refractivity contribution in [3.8, 4) is 9.88 Å². The van der Waals surface area contributed by atoms with Gasteiger partial charge in [0.25, 0.3) is 5.69 Å². The second kappa shape index (κ2) is 9.22. The summed E-state index contributed by atoms with van der Waals surface area (Å²) in [4.78, 5) is 32.9. The van der Waals surface area contributed by atoms with E-state index in [0.717, 1.165) is 38.6 Å². The number of nitro benzene ring substituents is 1. The summed E-state index contributed by atoms with van der Waals surface area (Å²) in [6.07, 6.45) is 0.292. The van der Waals surface area contributed by atoms with E-state index in [1.54, 1.807) is 12.1 Å². The lowest BCUT2D eigenvalue weighted by molar-refractivity contribution is -0.384. The Bertz CT molecular complexity index is 1060. The number of aromatic nitrogens is 1. The molecule has 1 amide bonds. The Morgan fingerprint density at radius 2 is 2.00 bits per heavy atom. The minimum atomic E-state index is -0.378. The number of carbonyl (C=O) groups is 1. The van der Waals surface area contributed by atoms with Crippen molar-refractivity contribution in [2.75, 3.05) is 26.2 Å². The van der Waals surface area contributed by atoms with E-state index in [2.05, 4.69) is 9.88 Å². The summed E-state index contributed by atoms with van der Waals surface area (Å²) in [5.74, 6) is 0.0751. The summed E-state index contributed by atoms with van der Waals surface area (Å²) in [6, 6.07) is 10.5. The highest BCUT2D eigenvalue weighted by molar-refractivity contribution is 7.23. The Kier molecular flexibility index (Phi) is 6.43. The summed E-state index contributed by atoms with van der Waals surface area (Å²) in [7, 11) is 0. The molecule has 1 aliphatic heterocycles. The second-order valence-corrected chi connectivity index (χ2v) is 9.58. The molecule has 3 aromatic rings. The van der Waals surface area contributed by atoms with Crippen LogP contribution in [0.5, 0.6) is 0 Å². The first-order chi connectivity index (χ1) is 14.5. The van der Waals surface area contributed by atoms with Gasteiger partial charge in [-0.25, -0.2) is 4.98 Å². The molecule has 0 unspecified atom stereocenters. The third-order valence-electron chi connectivity index (χ3n) is 4.92. The Morgan fingerprint density at radius 3 is 2.70 bits per heavy atom. The van der Waals surface area contributed by atoms with Crippen LogP contribution >= 0.6 is 34.3 Å². The van der Waals surface area contributed by atoms with Crippen LogP contribution in [0.3, 0.4) is 0 Å². The fraction of sp³-hybridized carbons (Fsp3) is 0.300. The fourth-order valence-electron chi connectivity index (χ4n) is 3.38. The Morgan fingerprint density at radius 1 is 1.20 bits per heavy atom. The number of nitrogens with zero attached hydrogens (tertiary/aromatic N) is 4. The van der Waals surface area contributed by atoms with Gasteiger partial charge in [-0.1, -0.05) is 23.7 Å². The minimum Gasteiger partial charge on any atom is -0.340 e. The molecule has 0 spiro atoms. The number of halogens is 1. The van der Waals surface area contributed by atoms with Crippen molar-refractivity contribution < 1.29 is 9.72 Å². The van der Waals surface area contributed by atoms with Gasteiger partial charge in [0, 0.05) is 50.2 Å². The number of carbonyl (C=O) groups excluding carboxylic acids is 1. The highest BCUT2D eigenvalue weighted by atomic mass is 35.5. The number of amides is 1. The van der Waals surface area contributed by atoms with Crippen LogP contribution in [0.1, 0.15) is 11.3 Å². The van der Waals surface area contributed by atoms with Crippen molar-refractivity contribution in [1.29, 1.82) is 0 Å². The normalized spacial score (nSPS) is 14.8. The Labute approximate surface area is 186 Å². The van der Waals surface area contributed by atoms with Gasteiger partial charge in [-0.15, -0.1) is 22.7 Å². The highest BCUT2D eigenvalue weighted by Gasteiger charge is 2.22. The first-order valence-electron chi connectivity index (χ1n) is 9.41. The molecule has 7 nitrogen and oxygen atoms in total. The van der Waals surface area contributed by atoms with E-state index < -0.39 is 0 Å². The van der Waals surface area contributed by atoms with E-state index >= 15 is 0 Å². The predicted octanol–water partition coefficient (Wildman–Crippen LogP) is 4.32. The zero-order valence-electron chi connectivity index (χ0n) is 16.0. The molecule has 1 fully saturated rings. The summed E-state index contributed by atoms with van der Waals surface area (Å²) in [6.45, 7) is 3.41. The lowest BCUT2D eigenvalue weighted by Gasteiger charge is -2.34. The predicted molar refractivity (Wildman–Crippen MR) is 119 cm³/mol. The number of hydrogen-bond donors (Lipinski definition) is 0. The van der Waals surface area contributed by atoms with Gasteiger partial charge < -0.3 is 4.90 Å². The van der Waals surface area contributed by atoms with Gasteiger partial charge in [-0.3, -0.25) is 19.8 Å². The molecule has 0 aliphatic carbocycles. The molecule has 2 aromatic heterocycles. The third-order valence-corrected chi connectivity index (χ3v) is 7.21. The van der Waals surface area contributed by atoms with Gasteiger partial charge in [-0.2, -0.15) is 0 Å². The lowest BCUT2D eigenvalue weighted by atomic mass is 10.1. The highest BCUT2D eigenvalue weighted by Crippen LogP contribution is 2.33. The van der Waals surface area contributed by atoms with E-state index in [1.807, 2.05) is 28.5 Å². The standard InChI is InChI=1S/C20H19ClN4O3S2/c21-18-5-4-17(30-18)20-22-15(13-29-20)11-19(26)24-8-6-23(7-9-24)12-14-2-1-3-16(10-14)25(27)28/h1-5,10,13H,6-9,11-12H2. The maximum Gasteiger partial charge on any atom is 0.269 e. The smallest absolute Gasteiger partial charge is 0.269 e. The first kappa shape index (κ1) is 20.9. The van der Waals surface area contributed by atoms with Crippen LogP contribution in [0.4, 0.5) is 5.69 Å². The van der Waals surface area contributed by atoms with Crippen molar-refractivity contribution in [3.05, 3.63) is 67.5 Å². The van der Waals surface area contributed by atoms with E-state index in [1.165, 1.54) is 28.7 Å². The molecule has 1 aromatic carbocycles. The largest absolute Gasteiger partial charge is 0.340 e. The molecular formula is C20H19ClN4O3S2. The van der Waals surface area contributed by atoms with Gasteiger partial charge in [0.05, 0.1) is 26.3 Å². The number of thiazole rings is 1. The molecule has 30 heavy (non-hydrogen) atoms. The van der Waals surface area contributed by atoms with Gasteiger partial charge in [0.15, 0.2) is 0 Å². The maximum absolute atomic E-state index is 12.7. The number of thiophene rings is 1. The monoisotopic (exact) mass is 462 g/mol. The molecule has 0 bridgehead atoms. The van der Waals surface area contributed by atoms with Crippen LogP contribution in [0, 0.1) is 10.1 Å². The van der Waals surface area contributed by atoms with Crippen LogP contribution in [-0.2, 0) is 17.8 Å². The minimum absolute atomic E-state index is 0.0751. The maximum atomic E-state index is 12.7. The summed E-state index contributed by atoms with van der Waals surface area (Å²) in [5, 5.41) is 13.8. The number of benzene rings is 1. The van der Waals surface area contributed by atoms with Gasteiger partial charge >= 0.3 is 0 Å². The molecule has 1 saturated heterocycles. The number of hydrogen-bond acceptors (Lipinski definition) is 7. The van der Waals surface area contributed by atoms with E-state index in [9.17, 15) is 14.9 Å². The van der Waals surface area contributed by atoms with Crippen LogP contribution in [0.15, 0.2) is 41.8 Å². The molecule has 0 atom stereocenters. The Hall–Kier alpha value is -2.33. The molecule has 0 saturated carbocycles. The molecular weight excluding hydrogens is 444 g/mol. The molecule has 3 heterocycles. The van der Waals surface area contributed by atoms with Crippen LogP contribution in [0.25, 0.3) is 9.88 Å². The van der Waals surface area contributed by atoms with Crippen molar-refractivity contribution in [3.63, 3.8) is 0 Å². The first-order valence-corrected chi connectivity index (χ1v) is 11.5. The van der Waals surface area contributed by atoms with E-state index in [-0.39, 0.29) is 16.5 Å². The SMILES string of the molecule is O=C(Cc1csc(-c2ccc(Cl)s2)n1)N1CCN(Cc2cccc([N+](=O)[O-])c2)CC1. The van der Waals surface area contributed by atoms with Gasteiger partial charge in [0.2, 0.25) is 5.91 Å². The number of nitro groups is 1. The summed E-state index contributed by atoms with van der Waals surface area (Å²) >= 11 is 8.99. The zero-order chi connectivity index (χ0) is 21.1. The molecule has 4 rings (SSSR count). The van der Waals surface area contributed by atoms with Gasteiger partial charge in [-0.05, 0) is 17.7 Å². The number of rotatable bonds is 6. The zero-order valence-corrected chi connectivity index (χ0v) is 18.4. The van der Waals surface area contributed by atoms with E-state index in [4.69, 9.17) is 11.6 Å². The summed E-state index contributed by atoms with van der Waals surface area (Å²) < 4.78 is 0.723. The van der Waals surface area contributed by atoms with Crippen LogP contribution in [-0.4, -0.2) is 51.8 Å². The average Bonchev–Trinajstić information content (AvgIpc) is 3.37. The number of piperazine rings is 1. The van der Waals surface area contributed by atoms with Crippen molar-refractivity contribution >= 4 is 45.9 Å². The average molecular weight is 463 g/mol. The third kappa shape index (κ3) is 5.04. The van der Waals surface area contributed by atoms with Gasteiger partial charge in [0.1, 0.15) is 5.01 Å². The number of non-ortho nitro benzene ring substituents is 1. The molecule has 0 N–H and O–H groups in total. The second-order valence-electron chi connectivity index (χ2n) is 7.01. The van der Waals surface area contributed by atoms with Crippen molar-refractivity contribution in [2.45, 2.75) is 13.0 Å². The fourth-order valence-corrected chi connectivity index (χ4v) is 5.31. The summed E-state index contributed by atoms with van der Waals surface area (Å²) in [5.41, 5.74) is 1.80. The van der Waals surface area contributed by atoms with Crippen LogP contribution in [0.2, 0.25) is 4.34 Å². The molecule has 156 valence electrons. The Balaban J connectivity index is 1.29. The van der Waals surface area contributed by atoms with Crippen molar-refractivity contribution in [1.82, 2.24) is 14.8 Å². The topological polar surface area (TPSA) is 79.6 Å². The quantitative estimate of drug-likeness (QED) is 0.402. The molecule has 0 radical (unpaired) electrons. The molecule has 10 heteroatoms. The lowest BCUT2D eigenvalue weighted by Crippen LogP contribution is -2.48. The van der Waals surface area contributed by atoms with Crippen LogP contribution < -0.4 is 0 Å². The van der Waals surface area contributed by atoms with Crippen molar-refractivity contribution in [2.24, 2.45) is 0 Å². The van der Waals surface area contributed by atoms with E-state index in [0.29, 0.717) is 26.1 Å². The molecule has 1 aliphatic rings.